The van der Waals surface area contributed by atoms with Crippen LogP contribution in [0.3, 0.4) is 0 Å². The molecule has 3 rings (SSSR count). The Bertz CT molecular complexity index is 1120. The van der Waals surface area contributed by atoms with Crippen molar-refractivity contribution < 1.29 is 19.1 Å². The van der Waals surface area contributed by atoms with Gasteiger partial charge < -0.3 is 14.2 Å². The number of nitro groups is 1. The molecule has 10 heteroatoms. The zero-order valence-electron chi connectivity index (χ0n) is 17.8. The second-order valence-electron chi connectivity index (χ2n) is 6.59. The van der Waals surface area contributed by atoms with Crippen molar-refractivity contribution >= 4 is 11.8 Å². The van der Waals surface area contributed by atoms with Crippen molar-refractivity contribution in [1.82, 2.24) is 14.8 Å². The second kappa shape index (κ2) is 10.5. The highest BCUT2D eigenvalue weighted by atomic mass is 32.2. The van der Waals surface area contributed by atoms with Gasteiger partial charge in [-0.1, -0.05) is 23.7 Å². The van der Waals surface area contributed by atoms with Crippen LogP contribution in [-0.4, -0.2) is 47.1 Å². The number of aryl methyl sites for hydroxylation is 1. The summed E-state index contributed by atoms with van der Waals surface area (Å²) in [5.74, 6) is 4.69. The van der Waals surface area contributed by atoms with Crippen LogP contribution in [0.1, 0.15) is 16.6 Å². The minimum absolute atomic E-state index is 0.0903. The topological polar surface area (TPSA) is 102 Å². The molecule has 166 valence electrons. The first-order valence-electron chi connectivity index (χ1n) is 9.56. The Labute approximate surface area is 189 Å². The Hall–Kier alpha value is -3.71. The molecule has 0 unspecified atom stereocenters. The van der Waals surface area contributed by atoms with Gasteiger partial charge in [0.05, 0.1) is 14.2 Å². The maximum absolute atomic E-state index is 11.4. The maximum atomic E-state index is 11.4. The lowest BCUT2D eigenvalue weighted by Crippen LogP contribution is -2.11. The number of ether oxygens (including phenoxy) is 3. The lowest BCUT2D eigenvalue weighted by Gasteiger charge is -2.16. The van der Waals surface area contributed by atoms with Crippen LogP contribution in [0.4, 0.5) is 0 Å². The van der Waals surface area contributed by atoms with E-state index in [4.69, 9.17) is 20.6 Å². The highest BCUT2D eigenvalue weighted by molar-refractivity contribution is 7.99. The third-order valence-corrected chi connectivity index (χ3v) is 5.74. The van der Waals surface area contributed by atoms with E-state index in [1.54, 1.807) is 25.3 Å². The van der Waals surface area contributed by atoms with E-state index in [0.717, 1.165) is 11.4 Å². The normalized spacial score (nSPS) is 11.4. The van der Waals surface area contributed by atoms with Crippen LogP contribution < -0.4 is 14.2 Å². The standard InChI is InChI=1S/C22H22N4O5S/c1-5-12-31-19-11-6-16(13-20(19)30-4)21(14-25(27)28)32-22-24-23-15(2)26(22)17-7-9-18(29-3)10-8-17/h1,6-11,13,21H,12,14H2,2-4H3/t21-/m0/s1. The van der Waals surface area contributed by atoms with Crippen molar-refractivity contribution in [1.29, 1.82) is 0 Å². The average molecular weight is 455 g/mol. The molecule has 0 bridgehead atoms. The van der Waals surface area contributed by atoms with Crippen LogP contribution in [0.15, 0.2) is 47.6 Å². The molecule has 2 aromatic carbocycles. The molecule has 1 aromatic heterocycles. The van der Waals surface area contributed by atoms with Gasteiger partial charge in [-0.25, -0.2) is 0 Å². The lowest BCUT2D eigenvalue weighted by molar-refractivity contribution is -0.479. The van der Waals surface area contributed by atoms with Crippen LogP contribution in [-0.2, 0) is 0 Å². The zero-order valence-corrected chi connectivity index (χ0v) is 18.7. The van der Waals surface area contributed by atoms with E-state index in [-0.39, 0.29) is 18.1 Å². The van der Waals surface area contributed by atoms with Crippen LogP contribution in [0.2, 0.25) is 0 Å². The van der Waals surface area contributed by atoms with Crippen molar-refractivity contribution in [2.45, 2.75) is 17.3 Å². The van der Waals surface area contributed by atoms with Crippen molar-refractivity contribution in [3.05, 3.63) is 64.0 Å². The van der Waals surface area contributed by atoms with E-state index in [1.807, 2.05) is 35.8 Å². The van der Waals surface area contributed by atoms with E-state index < -0.39 is 5.25 Å². The first kappa shape index (κ1) is 23.0. The van der Waals surface area contributed by atoms with Crippen molar-refractivity contribution in [3.63, 3.8) is 0 Å². The van der Waals surface area contributed by atoms with Crippen LogP contribution in [0, 0.1) is 29.4 Å². The fraction of sp³-hybridized carbons (Fsp3) is 0.273. The molecule has 3 aromatic rings. The quantitative estimate of drug-likeness (QED) is 0.198. The molecule has 0 saturated carbocycles. The lowest BCUT2D eigenvalue weighted by atomic mass is 10.1. The monoisotopic (exact) mass is 454 g/mol. The predicted octanol–water partition coefficient (Wildman–Crippen LogP) is 3.72. The molecule has 0 aliphatic carbocycles. The molecule has 0 saturated heterocycles. The van der Waals surface area contributed by atoms with Crippen molar-refractivity contribution in [2.75, 3.05) is 27.4 Å². The van der Waals surface area contributed by atoms with Gasteiger partial charge in [-0.05, 0) is 48.9 Å². The summed E-state index contributed by atoms with van der Waals surface area (Å²) < 4.78 is 17.9. The third kappa shape index (κ3) is 5.31. The summed E-state index contributed by atoms with van der Waals surface area (Å²) in [5, 5.41) is 19.8. The Kier molecular flexibility index (Phi) is 7.57. The molecule has 1 heterocycles. The minimum Gasteiger partial charge on any atom is -0.497 e. The fourth-order valence-electron chi connectivity index (χ4n) is 3.04. The Morgan fingerprint density at radius 3 is 2.53 bits per heavy atom. The largest absolute Gasteiger partial charge is 0.497 e. The molecule has 0 fully saturated rings. The number of aromatic nitrogens is 3. The molecule has 0 N–H and O–H groups in total. The summed E-state index contributed by atoms with van der Waals surface area (Å²) in [4.78, 5) is 11.1. The minimum atomic E-state index is -0.541. The maximum Gasteiger partial charge on any atom is 0.220 e. The summed E-state index contributed by atoms with van der Waals surface area (Å²) >= 11 is 1.25. The van der Waals surface area contributed by atoms with Gasteiger partial charge in [0.1, 0.15) is 23.4 Å². The molecule has 1 atom stereocenters. The molecule has 0 aliphatic rings. The van der Waals surface area contributed by atoms with E-state index in [9.17, 15) is 10.1 Å². The Balaban J connectivity index is 1.95. The molecule has 32 heavy (non-hydrogen) atoms. The summed E-state index contributed by atoms with van der Waals surface area (Å²) in [6.45, 7) is 1.60. The number of thioether (sulfide) groups is 1. The van der Waals surface area contributed by atoms with Gasteiger partial charge in [0.15, 0.2) is 16.7 Å². The number of terminal acetylenes is 1. The van der Waals surface area contributed by atoms with Gasteiger partial charge in [-0.3, -0.25) is 14.7 Å². The molecule has 0 spiro atoms. The summed E-state index contributed by atoms with van der Waals surface area (Å²) in [7, 11) is 3.10. The van der Waals surface area contributed by atoms with Gasteiger partial charge in [0, 0.05) is 10.6 Å². The van der Waals surface area contributed by atoms with Gasteiger partial charge >= 0.3 is 0 Å². The van der Waals surface area contributed by atoms with Gasteiger partial charge in [0.25, 0.3) is 0 Å². The van der Waals surface area contributed by atoms with Crippen LogP contribution >= 0.6 is 11.8 Å². The van der Waals surface area contributed by atoms with E-state index in [1.165, 1.54) is 18.9 Å². The molecule has 9 nitrogen and oxygen atoms in total. The molecular weight excluding hydrogens is 432 g/mol. The Morgan fingerprint density at radius 1 is 1.16 bits per heavy atom. The van der Waals surface area contributed by atoms with E-state index in [0.29, 0.717) is 28.0 Å². The fourth-order valence-corrected chi connectivity index (χ4v) is 4.21. The second-order valence-corrected chi connectivity index (χ2v) is 7.76. The summed E-state index contributed by atoms with van der Waals surface area (Å²) in [6, 6.07) is 12.6. The first-order chi connectivity index (χ1) is 15.5. The van der Waals surface area contributed by atoms with Crippen molar-refractivity contribution in [2.24, 2.45) is 0 Å². The number of rotatable bonds is 10. The van der Waals surface area contributed by atoms with Gasteiger partial charge in [-0.15, -0.1) is 16.6 Å². The van der Waals surface area contributed by atoms with E-state index in [2.05, 4.69) is 16.1 Å². The molecule has 0 radical (unpaired) electrons. The predicted molar refractivity (Wildman–Crippen MR) is 120 cm³/mol. The van der Waals surface area contributed by atoms with Crippen molar-refractivity contribution in [3.8, 4) is 35.3 Å². The van der Waals surface area contributed by atoms with Crippen LogP contribution in [0.5, 0.6) is 17.2 Å². The third-order valence-electron chi connectivity index (χ3n) is 4.56. The van der Waals surface area contributed by atoms with E-state index >= 15 is 0 Å². The summed E-state index contributed by atoms with van der Waals surface area (Å²) in [6.07, 6.45) is 5.25. The SMILES string of the molecule is C#CCOc1ccc([C@H](C[N+](=O)[O-])Sc2nnc(C)n2-c2ccc(OC)cc2)cc1OC. The van der Waals surface area contributed by atoms with Gasteiger partial charge in [-0.2, -0.15) is 0 Å². The number of hydrogen-bond donors (Lipinski definition) is 0. The summed E-state index contributed by atoms with van der Waals surface area (Å²) in [5.41, 5.74) is 1.52. The van der Waals surface area contributed by atoms with Gasteiger partial charge in [0.2, 0.25) is 6.54 Å². The molecule has 0 aliphatic heterocycles. The first-order valence-corrected chi connectivity index (χ1v) is 10.4. The highest BCUT2D eigenvalue weighted by Gasteiger charge is 2.25. The number of nitrogens with zero attached hydrogens (tertiary/aromatic N) is 4. The Morgan fingerprint density at radius 2 is 1.91 bits per heavy atom. The number of hydrogen-bond acceptors (Lipinski definition) is 8. The smallest absolute Gasteiger partial charge is 0.220 e. The number of benzene rings is 2. The number of methoxy groups -OCH3 is 2. The molecular formula is C22H22N4O5S. The van der Waals surface area contributed by atoms with Crippen LogP contribution in [0.25, 0.3) is 5.69 Å². The molecule has 0 amide bonds. The highest BCUT2D eigenvalue weighted by Crippen LogP contribution is 2.39. The average Bonchev–Trinajstić information content (AvgIpc) is 3.16. The zero-order chi connectivity index (χ0) is 23.1.